The first-order valence-corrected chi connectivity index (χ1v) is 5.63. The lowest BCUT2D eigenvalue weighted by Gasteiger charge is -1.90. The third-order valence-corrected chi connectivity index (χ3v) is 3.31. The van der Waals surface area contributed by atoms with Crippen molar-refractivity contribution in [3.63, 3.8) is 0 Å². The number of alkyl halides is 1. The van der Waals surface area contributed by atoms with E-state index >= 15 is 0 Å². The van der Waals surface area contributed by atoms with Crippen molar-refractivity contribution >= 4 is 27.3 Å². The van der Waals surface area contributed by atoms with Gasteiger partial charge in [0.2, 0.25) is 0 Å². The zero-order valence-corrected chi connectivity index (χ0v) is 9.05. The highest BCUT2D eigenvalue weighted by Crippen LogP contribution is 2.21. The van der Waals surface area contributed by atoms with Gasteiger partial charge in [-0.15, -0.1) is 10.2 Å². The Bertz CT molecular complexity index is 387. The molecule has 0 fully saturated rings. The fourth-order valence-electron chi connectivity index (χ4n) is 0.900. The van der Waals surface area contributed by atoms with E-state index in [1.54, 1.807) is 17.5 Å². The smallest absolute Gasteiger partial charge is 0.166 e. The zero-order chi connectivity index (χ0) is 9.10. The van der Waals surface area contributed by atoms with Crippen molar-refractivity contribution in [2.24, 2.45) is 0 Å². The third kappa shape index (κ3) is 1.92. The number of nitrogens with zero attached hydrogens (tertiary/aromatic N) is 3. The number of aromatic nitrogens is 3. The molecule has 0 spiro atoms. The van der Waals surface area contributed by atoms with Crippen LogP contribution in [0.25, 0.3) is 10.7 Å². The summed E-state index contributed by atoms with van der Waals surface area (Å²) in [7, 11) is 0. The monoisotopic (exact) mass is 255 g/mol. The Morgan fingerprint density at radius 3 is 2.85 bits per heavy atom. The van der Waals surface area contributed by atoms with Crippen molar-refractivity contribution in [3.05, 3.63) is 29.4 Å². The molecule has 0 unspecified atom stereocenters. The van der Waals surface area contributed by atoms with Crippen LogP contribution in [-0.2, 0) is 5.33 Å². The highest BCUT2D eigenvalue weighted by molar-refractivity contribution is 9.08. The maximum absolute atomic E-state index is 4.19. The number of halogens is 1. The Kier molecular flexibility index (Phi) is 2.65. The van der Waals surface area contributed by atoms with Crippen molar-refractivity contribution in [3.8, 4) is 10.7 Å². The summed E-state index contributed by atoms with van der Waals surface area (Å²) in [4.78, 5) is 4.19. The molecule has 0 N–H and O–H groups in total. The van der Waals surface area contributed by atoms with Gasteiger partial charge in [0.15, 0.2) is 5.01 Å². The molecule has 0 bridgehead atoms. The van der Waals surface area contributed by atoms with Gasteiger partial charge in [-0.3, -0.25) is 4.98 Å². The standard InChI is InChI=1S/C8H6BrN3S/c9-5-7-11-12-8(13-7)6-3-1-2-4-10-6/h1-4H,5H2. The first-order valence-electron chi connectivity index (χ1n) is 3.70. The maximum Gasteiger partial charge on any atom is 0.166 e. The first kappa shape index (κ1) is 8.77. The Morgan fingerprint density at radius 1 is 1.31 bits per heavy atom. The Balaban J connectivity index is 2.36. The Labute approximate surface area is 88.0 Å². The van der Waals surface area contributed by atoms with Gasteiger partial charge in [0.25, 0.3) is 0 Å². The van der Waals surface area contributed by atoms with Crippen LogP contribution in [0.15, 0.2) is 24.4 Å². The van der Waals surface area contributed by atoms with Crippen LogP contribution in [0.3, 0.4) is 0 Å². The zero-order valence-electron chi connectivity index (χ0n) is 6.64. The average Bonchev–Trinajstić information content (AvgIpc) is 2.67. The molecule has 3 nitrogen and oxygen atoms in total. The molecule has 0 saturated heterocycles. The minimum Gasteiger partial charge on any atom is -0.254 e. The summed E-state index contributed by atoms with van der Waals surface area (Å²) >= 11 is 4.89. The van der Waals surface area contributed by atoms with Crippen molar-refractivity contribution in [2.45, 2.75) is 5.33 Å². The molecular weight excluding hydrogens is 250 g/mol. The number of hydrogen-bond acceptors (Lipinski definition) is 4. The summed E-state index contributed by atoms with van der Waals surface area (Å²) in [5.41, 5.74) is 0.882. The SMILES string of the molecule is BrCc1nnc(-c2ccccn2)s1. The highest BCUT2D eigenvalue weighted by Gasteiger charge is 2.05. The van der Waals surface area contributed by atoms with Gasteiger partial charge in [-0.05, 0) is 12.1 Å². The summed E-state index contributed by atoms with van der Waals surface area (Å²) in [5, 5.41) is 10.6. The quantitative estimate of drug-likeness (QED) is 0.775. The lowest BCUT2D eigenvalue weighted by molar-refractivity contribution is 1.04. The van der Waals surface area contributed by atoms with Gasteiger partial charge in [-0.25, -0.2) is 0 Å². The van der Waals surface area contributed by atoms with Crippen LogP contribution < -0.4 is 0 Å². The third-order valence-electron chi connectivity index (χ3n) is 1.47. The summed E-state index contributed by atoms with van der Waals surface area (Å²) in [6.07, 6.45) is 1.75. The fraction of sp³-hybridized carbons (Fsp3) is 0.125. The van der Waals surface area contributed by atoms with Gasteiger partial charge in [0.1, 0.15) is 10.7 Å². The summed E-state index contributed by atoms with van der Waals surface area (Å²) in [6, 6.07) is 5.76. The van der Waals surface area contributed by atoms with Gasteiger partial charge in [0, 0.05) is 6.20 Å². The van der Waals surface area contributed by atoms with E-state index in [0.717, 1.165) is 21.0 Å². The van der Waals surface area contributed by atoms with E-state index in [2.05, 4.69) is 31.1 Å². The molecule has 2 rings (SSSR count). The molecule has 0 atom stereocenters. The molecule has 0 aliphatic heterocycles. The lowest BCUT2D eigenvalue weighted by atomic mass is 10.4. The molecule has 2 heterocycles. The van der Waals surface area contributed by atoms with E-state index in [0.29, 0.717) is 0 Å². The summed E-state index contributed by atoms with van der Waals surface area (Å²) in [5.74, 6) is 0. The van der Waals surface area contributed by atoms with Crippen LogP contribution in [0, 0.1) is 0 Å². The topological polar surface area (TPSA) is 38.7 Å². The van der Waals surface area contributed by atoms with Gasteiger partial charge in [-0.1, -0.05) is 33.3 Å². The molecule has 13 heavy (non-hydrogen) atoms. The van der Waals surface area contributed by atoms with E-state index in [1.807, 2.05) is 18.2 Å². The predicted octanol–water partition coefficient (Wildman–Crippen LogP) is 2.50. The van der Waals surface area contributed by atoms with Gasteiger partial charge in [-0.2, -0.15) is 0 Å². The summed E-state index contributed by atoms with van der Waals surface area (Å²) < 4.78 is 0. The number of hydrogen-bond donors (Lipinski definition) is 0. The van der Waals surface area contributed by atoms with Crippen LogP contribution in [0.4, 0.5) is 0 Å². The van der Waals surface area contributed by atoms with Gasteiger partial charge in [0.05, 0.1) is 5.33 Å². The van der Waals surface area contributed by atoms with E-state index in [4.69, 9.17) is 0 Å². The molecule has 66 valence electrons. The largest absolute Gasteiger partial charge is 0.254 e. The van der Waals surface area contributed by atoms with E-state index < -0.39 is 0 Å². The van der Waals surface area contributed by atoms with Crippen LogP contribution in [0.1, 0.15) is 5.01 Å². The molecule has 0 aromatic carbocycles. The fourth-order valence-corrected chi connectivity index (χ4v) is 2.02. The average molecular weight is 256 g/mol. The second kappa shape index (κ2) is 3.93. The molecule has 5 heteroatoms. The molecule has 0 amide bonds. The normalized spacial score (nSPS) is 10.2. The molecule has 0 radical (unpaired) electrons. The molecule has 2 aromatic rings. The molecule has 0 saturated carbocycles. The number of rotatable bonds is 2. The second-order valence-electron chi connectivity index (χ2n) is 2.35. The summed E-state index contributed by atoms with van der Waals surface area (Å²) in [6.45, 7) is 0. The van der Waals surface area contributed by atoms with Crippen molar-refractivity contribution in [1.29, 1.82) is 0 Å². The van der Waals surface area contributed by atoms with Crippen molar-refractivity contribution in [1.82, 2.24) is 15.2 Å². The van der Waals surface area contributed by atoms with Gasteiger partial charge < -0.3 is 0 Å². The highest BCUT2D eigenvalue weighted by atomic mass is 79.9. The minimum absolute atomic E-state index is 0.748. The van der Waals surface area contributed by atoms with Crippen LogP contribution >= 0.6 is 27.3 Å². The lowest BCUT2D eigenvalue weighted by Crippen LogP contribution is -1.79. The molecular formula is C8H6BrN3S. The van der Waals surface area contributed by atoms with Crippen molar-refractivity contribution in [2.75, 3.05) is 0 Å². The van der Waals surface area contributed by atoms with E-state index in [1.165, 1.54) is 0 Å². The maximum atomic E-state index is 4.19. The minimum atomic E-state index is 0.748. The second-order valence-corrected chi connectivity index (χ2v) is 3.97. The molecule has 0 aliphatic carbocycles. The van der Waals surface area contributed by atoms with Crippen LogP contribution in [0.5, 0.6) is 0 Å². The Hall–Kier alpha value is -0.810. The van der Waals surface area contributed by atoms with E-state index in [9.17, 15) is 0 Å². The first-order chi connectivity index (χ1) is 6.40. The van der Waals surface area contributed by atoms with Crippen LogP contribution in [0.2, 0.25) is 0 Å². The molecule has 0 aliphatic rings. The van der Waals surface area contributed by atoms with Gasteiger partial charge >= 0.3 is 0 Å². The Morgan fingerprint density at radius 2 is 2.23 bits per heavy atom. The van der Waals surface area contributed by atoms with Crippen LogP contribution in [-0.4, -0.2) is 15.2 Å². The molecule has 2 aromatic heterocycles. The van der Waals surface area contributed by atoms with Crippen molar-refractivity contribution < 1.29 is 0 Å². The predicted molar refractivity (Wildman–Crippen MR) is 55.8 cm³/mol. The van der Waals surface area contributed by atoms with E-state index in [-0.39, 0.29) is 0 Å². The number of pyridine rings is 1.